The second kappa shape index (κ2) is 30.0. The van der Waals surface area contributed by atoms with Crippen molar-refractivity contribution >= 4 is 0 Å². The predicted molar refractivity (Wildman–Crippen MR) is 72.3 cm³/mol. The van der Waals surface area contributed by atoms with Crippen molar-refractivity contribution in [3.05, 3.63) is 6.92 Å². The van der Waals surface area contributed by atoms with Crippen molar-refractivity contribution in [2.45, 2.75) is 79.6 Å². The molecular formula is C13H33O3Ti-. The van der Waals surface area contributed by atoms with Crippen LogP contribution < -0.4 is 0 Å². The van der Waals surface area contributed by atoms with Gasteiger partial charge in [-0.05, 0) is 41.5 Å². The molecule has 0 heterocycles. The maximum absolute atomic E-state index is 8.06. The number of unbranched alkanes of at least 4 members (excludes halogenated alkanes) is 1. The van der Waals surface area contributed by atoms with Crippen LogP contribution in [0.5, 0.6) is 0 Å². The monoisotopic (exact) mass is 285 g/mol. The molecule has 0 aromatic heterocycles. The molecule has 0 aliphatic carbocycles. The number of hydrogen-bond donors (Lipinski definition) is 3. The van der Waals surface area contributed by atoms with E-state index in [1.165, 1.54) is 6.42 Å². The summed E-state index contributed by atoms with van der Waals surface area (Å²) in [4.78, 5) is 0. The molecule has 0 amide bonds. The Balaban J connectivity index is -0.0000000369. The Labute approximate surface area is 124 Å². The minimum Gasteiger partial charge on any atom is -0.394 e. The molecule has 0 radical (unpaired) electrons. The molecule has 4 heteroatoms. The maximum Gasteiger partial charge on any atom is 0.0483 e. The van der Waals surface area contributed by atoms with E-state index >= 15 is 0 Å². The van der Waals surface area contributed by atoms with Gasteiger partial charge in [-0.25, -0.2) is 0 Å². The molecule has 0 unspecified atom stereocenters. The van der Waals surface area contributed by atoms with Crippen LogP contribution >= 0.6 is 0 Å². The molecule has 0 aromatic carbocycles. The summed E-state index contributed by atoms with van der Waals surface area (Å²) in [5.74, 6) is 0. The molecule has 0 aliphatic rings. The molecule has 17 heavy (non-hydrogen) atoms. The van der Waals surface area contributed by atoms with Gasteiger partial charge < -0.3 is 22.2 Å². The smallest absolute Gasteiger partial charge is 0.0483 e. The van der Waals surface area contributed by atoms with Gasteiger partial charge in [-0.15, -0.1) is 0 Å². The quantitative estimate of drug-likeness (QED) is 0.513. The Kier molecular flexibility index (Phi) is 53.9. The topological polar surface area (TPSA) is 60.7 Å². The summed E-state index contributed by atoms with van der Waals surface area (Å²) in [5.41, 5.74) is 0. The molecule has 108 valence electrons. The Hall–Kier alpha value is 0.594. The van der Waals surface area contributed by atoms with Crippen molar-refractivity contribution in [3.63, 3.8) is 0 Å². The van der Waals surface area contributed by atoms with E-state index in [0.29, 0.717) is 0 Å². The molecular weight excluding hydrogens is 252 g/mol. The summed E-state index contributed by atoms with van der Waals surface area (Å²) >= 11 is 0. The Morgan fingerprint density at radius 3 is 0.824 bits per heavy atom. The number of aliphatic hydroxyl groups excluding tert-OH is 3. The Morgan fingerprint density at radius 2 is 0.824 bits per heavy atom. The Bertz CT molecular complexity index is 62.2. The Morgan fingerprint density at radius 1 is 0.765 bits per heavy atom. The van der Waals surface area contributed by atoms with Gasteiger partial charge in [-0.2, -0.15) is 6.42 Å². The zero-order valence-corrected chi connectivity index (χ0v) is 14.3. The fraction of sp³-hybridized carbons (Fsp3) is 0.923. The van der Waals surface area contributed by atoms with Gasteiger partial charge in [0.25, 0.3) is 0 Å². The van der Waals surface area contributed by atoms with Crippen LogP contribution in [0.1, 0.15) is 61.3 Å². The molecule has 0 spiro atoms. The van der Waals surface area contributed by atoms with Gasteiger partial charge in [-0.1, -0.05) is 13.3 Å². The van der Waals surface area contributed by atoms with E-state index in [1.807, 2.05) is 0 Å². The van der Waals surface area contributed by atoms with Gasteiger partial charge in [0.05, 0.1) is 0 Å². The SMILES string of the molecule is CC(C)O.CC(C)O.CC(C)O.[CH2-]CCC.[Ti]. The second-order valence-corrected chi connectivity index (χ2v) is 4.13. The van der Waals surface area contributed by atoms with Gasteiger partial charge in [0, 0.05) is 40.0 Å². The predicted octanol–water partition coefficient (Wildman–Crippen LogP) is 2.78. The van der Waals surface area contributed by atoms with E-state index in [9.17, 15) is 0 Å². The molecule has 3 nitrogen and oxygen atoms in total. The average molecular weight is 285 g/mol. The first kappa shape index (κ1) is 30.5. The van der Waals surface area contributed by atoms with Crippen LogP contribution in [0.4, 0.5) is 0 Å². The van der Waals surface area contributed by atoms with Crippen molar-refractivity contribution in [2.24, 2.45) is 0 Å². The van der Waals surface area contributed by atoms with Crippen molar-refractivity contribution in [1.82, 2.24) is 0 Å². The standard InChI is InChI=1S/C4H9.3C3H8O.Ti/c1-3-4-2;3*1-3(2)4;/h1,3-4H2,2H3;3*3-4H,1-2H3;/q-1;;;;. The van der Waals surface area contributed by atoms with E-state index in [-0.39, 0.29) is 40.0 Å². The molecule has 0 saturated heterocycles. The molecule has 3 N–H and O–H groups in total. The third kappa shape index (κ3) is 1390. The fourth-order valence-corrected chi connectivity index (χ4v) is 0. The first-order valence-electron chi connectivity index (χ1n) is 5.95. The van der Waals surface area contributed by atoms with Crippen molar-refractivity contribution in [3.8, 4) is 0 Å². The number of aliphatic hydroxyl groups is 3. The molecule has 0 aromatic rings. The summed E-state index contributed by atoms with van der Waals surface area (Å²) in [6, 6.07) is 0. The summed E-state index contributed by atoms with van der Waals surface area (Å²) in [7, 11) is 0. The zero-order valence-electron chi connectivity index (χ0n) is 12.7. The summed E-state index contributed by atoms with van der Waals surface area (Å²) in [6.07, 6.45) is 1.78. The summed E-state index contributed by atoms with van der Waals surface area (Å²) in [5, 5.41) is 24.2. The molecule has 0 bridgehead atoms. The van der Waals surface area contributed by atoms with E-state index in [2.05, 4.69) is 13.8 Å². The van der Waals surface area contributed by atoms with E-state index in [4.69, 9.17) is 15.3 Å². The van der Waals surface area contributed by atoms with E-state index in [0.717, 1.165) is 6.42 Å². The third-order valence-corrected chi connectivity index (χ3v) is 0.354. The maximum atomic E-state index is 8.06. The largest absolute Gasteiger partial charge is 0.394 e. The van der Waals surface area contributed by atoms with Crippen LogP contribution in [0.2, 0.25) is 0 Å². The molecule has 0 atom stereocenters. The first-order valence-corrected chi connectivity index (χ1v) is 5.95. The summed E-state index contributed by atoms with van der Waals surface area (Å²) in [6.45, 7) is 16.1. The fourth-order valence-electron chi connectivity index (χ4n) is 0. The van der Waals surface area contributed by atoms with Gasteiger partial charge in [0.15, 0.2) is 0 Å². The minimum atomic E-state index is -0.167. The molecule has 0 fully saturated rings. The van der Waals surface area contributed by atoms with E-state index < -0.39 is 0 Å². The zero-order chi connectivity index (χ0) is 14.1. The number of rotatable bonds is 1. The van der Waals surface area contributed by atoms with Gasteiger partial charge in [-0.3, -0.25) is 0 Å². The second-order valence-electron chi connectivity index (χ2n) is 4.13. The third-order valence-electron chi connectivity index (χ3n) is 0.354. The average Bonchev–Trinajstić information content (AvgIpc) is 2.00. The first-order chi connectivity index (χ1) is 7.11. The van der Waals surface area contributed by atoms with Gasteiger partial charge in [0.1, 0.15) is 0 Å². The normalized spacial score (nSPS) is 8.12. The van der Waals surface area contributed by atoms with Gasteiger partial charge >= 0.3 is 0 Å². The molecule has 0 aliphatic heterocycles. The van der Waals surface area contributed by atoms with E-state index in [1.54, 1.807) is 41.5 Å². The van der Waals surface area contributed by atoms with Crippen molar-refractivity contribution < 1.29 is 37.0 Å². The van der Waals surface area contributed by atoms with Gasteiger partial charge in [0.2, 0.25) is 0 Å². The number of hydrogen-bond acceptors (Lipinski definition) is 3. The van der Waals surface area contributed by atoms with Crippen molar-refractivity contribution in [1.29, 1.82) is 0 Å². The van der Waals surface area contributed by atoms with Crippen molar-refractivity contribution in [2.75, 3.05) is 0 Å². The van der Waals surface area contributed by atoms with Crippen LogP contribution in [0.3, 0.4) is 0 Å². The molecule has 0 rings (SSSR count). The van der Waals surface area contributed by atoms with Crippen LogP contribution in [-0.4, -0.2) is 33.6 Å². The molecule has 0 saturated carbocycles. The summed E-state index contributed by atoms with van der Waals surface area (Å²) < 4.78 is 0. The van der Waals surface area contributed by atoms with Crippen LogP contribution in [-0.2, 0) is 21.7 Å². The van der Waals surface area contributed by atoms with Crippen LogP contribution in [0.25, 0.3) is 0 Å². The van der Waals surface area contributed by atoms with Crippen LogP contribution in [0.15, 0.2) is 0 Å². The van der Waals surface area contributed by atoms with Crippen LogP contribution in [0, 0.1) is 6.92 Å². The minimum absolute atomic E-state index is 0.